The molecule has 1 aromatic heterocycles. The minimum absolute atomic E-state index is 0.231. The van der Waals surface area contributed by atoms with Crippen LogP contribution in [0.4, 0.5) is 0 Å². The van der Waals surface area contributed by atoms with Crippen LogP contribution in [0.3, 0.4) is 0 Å². The van der Waals surface area contributed by atoms with Crippen LogP contribution in [-0.2, 0) is 21.4 Å². The number of aromatic nitrogens is 1. The highest BCUT2D eigenvalue weighted by atomic mass is 32.2. The van der Waals surface area contributed by atoms with Gasteiger partial charge in [0.25, 0.3) is 16.1 Å². The maximum atomic E-state index is 13.9. The Balaban J connectivity index is 1.43. The Labute approximate surface area is 227 Å². The number of pyridine rings is 1. The molecule has 1 atom stereocenters. The summed E-state index contributed by atoms with van der Waals surface area (Å²) in [4.78, 5) is 16.8. The molecule has 204 valence electrons. The molecule has 0 radical (unpaired) electrons. The molecule has 7 rings (SSSR count). The first-order chi connectivity index (χ1) is 19.0. The molecule has 0 spiro atoms. The van der Waals surface area contributed by atoms with Crippen LogP contribution < -0.4 is 14.8 Å². The lowest BCUT2D eigenvalue weighted by Gasteiger charge is -2.40. The summed E-state index contributed by atoms with van der Waals surface area (Å²) in [5.74, 6) is 1.46. The Kier molecular flexibility index (Phi) is 7.22. The van der Waals surface area contributed by atoms with Crippen molar-refractivity contribution < 1.29 is 27.4 Å². The van der Waals surface area contributed by atoms with Crippen LogP contribution in [0.25, 0.3) is 0 Å². The highest BCUT2D eigenvalue weighted by Gasteiger charge is 2.40. The molecule has 2 aromatic carbocycles. The van der Waals surface area contributed by atoms with Crippen LogP contribution >= 0.6 is 0 Å². The molecule has 8 bridgehead atoms. The van der Waals surface area contributed by atoms with Gasteiger partial charge in [0.1, 0.15) is 17.2 Å². The second kappa shape index (κ2) is 10.9. The molecule has 0 aliphatic carbocycles. The van der Waals surface area contributed by atoms with E-state index < -0.39 is 16.3 Å². The van der Waals surface area contributed by atoms with Gasteiger partial charge in [0.2, 0.25) is 0 Å². The zero-order chi connectivity index (χ0) is 26.8. The molecule has 1 saturated heterocycles. The molecule has 39 heavy (non-hydrogen) atoms. The van der Waals surface area contributed by atoms with Crippen LogP contribution in [0.5, 0.6) is 17.2 Å². The Morgan fingerprint density at radius 1 is 0.923 bits per heavy atom. The summed E-state index contributed by atoms with van der Waals surface area (Å²) >= 11 is 0. The van der Waals surface area contributed by atoms with E-state index in [4.69, 9.17) is 14.2 Å². The molecular formula is C28H30N4O6S. The molecule has 5 heterocycles. The zero-order valence-corrected chi connectivity index (χ0v) is 22.2. The van der Waals surface area contributed by atoms with Crippen molar-refractivity contribution >= 4 is 16.1 Å². The zero-order valence-electron chi connectivity index (χ0n) is 21.4. The van der Waals surface area contributed by atoms with Gasteiger partial charge in [-0.05, 0) is 59.9 Å². The van der Waals surface area contributed by atoms with E-state index in [0.717, 1.165) is 16.7 Å². The fraction of sp³-hybridized carbons (Fsp3) is 0.357. The Morgan fingerprint density at radius 2 is 1.79 bits per heavy atom. The number of carbonyl (C=O) groups is 1. The second-order valence-corrected chi connectivity index (χ2v) is 11.6. The SMILES string of the molecule is O=C1NCCCOc2cccc(c2)C2c3ccc(cc3CCN2S(=O)(=O)N2CCOCC2)Oc2cncc1c2. The third kappa shape index (κ3) is 5.35. The lowest BCUT2D eigenvalue weighted by molar-refractivity contribution is 0.0693. The molecule has 1 amide bonds. The van der Waals surface area contributed by atoms with Crippen molar-refractivity contribution in [3.63, 3.8) is 0 Å². The van der Waals surface area contributed by atoms with Crippen molar-refractivity contribution in [2.24, 2.45) is 0 Å². The minimum atomic E-state index is -3.75. The van der Waals surface area contributed by atoms with E-state index in [1.807, 2.05) is 42.5 Å². The number of benzene rings is 2. The number of ether oxygens (including phenoxy) is 3. The standard InChI is InChI=1S/C28H30N4O6S/c33-28-22-17-25(19-29-18-22)38-24-5-6-26-20(15-24)7-9-32(39(34,35)31-10-13-36-14-11-31)27(26)21-3-1-4-23(16-21)37-12-2-8-30-28/h1,3-6,15-19,27H,2,7-14H2,(H,30,33). The van der Waals surface area contributed by atoms with Crippen LogP contribution in [0.15, 0.2) is 60.9 Å². The van der Waals surface area contributed by atoms with Gasteiger partial charge >= 0.3 is 0 Å². The fourth-order valence-electron chi connectivity index (χ4n) is 5.24. The number of amides is 1. The van der Waals surface area contributed by atoms with Crippen molar-refractivity contribution in [2.45, 2.75) is 18.9 Å². The van der Waals surface area contributed by atoms with Crippen LogP contribution in [-0.4, -0.2) is 73.9 Å². The van der Waals surface area contributed by atoms with Crippen molar-refractivity contribution in [3.05, 3.63) is 83.2 Å². The summed E-state index contributed by atoms with van der Waals surface area (Å²) in [6.07, 6.45) is 4.20. The summed E-state index contributed by atoms with van der Waals surface area (Å²) in [6, 6.07) is 14.4. The van der Waals surface area contributed by atoms with Crippen molar-refractivity contribution in [1.29, 1.82) is 0 Å². The smallest absolute Gasteiger partial charge is 0.283 e. The highest BCUT2D eigenvalue weighted by molar-refractivity contribution is 7.86. The molecule has 4 aliphatic heterocycles. The average Bonchev–Trinajstić information content (AvgIpc) is 2.96. The Hall–Kier alpha value is -3.51. The number of hydrogen-bond donors (Lipinski definition) is 1. The summed E-state index contributed by atoms with van der Waals surface area (Å²) < 4.78 is 48.4. The Bertz CT molecular complexity index is 1470. The van der Waals surface area contributed by atoms with Gasteiger partial charge in [-0.1, -0.05) is 18.2 Å². The number of fused-ring (bicyclic) bond motifs is 6. The maximum absolute atomic E-state index is 13.9. The number of hydrogen-bond acceptors (Lipinski definition) is 7. The summed E-state index contributed by atoms with van der Waals surface area (Å²) in [6.45, 7) is 2.58. The molecule has 10 nitrogen and oxygen atoms in total. The van der Waals surface area contributed by atoms with Gasteiger partial charge in [-0.15, -0.1) is 0 Å². The van der Waals surface area contributed by atoms with E-state index in [2.05, 4.69) is 10.3 Å². The van der Waals surface area contributed by atoms with Crippen molar-refractivity contribution in [2.75, 3.05) is 46.0 Å². The van der Waals surface area contributed by atoms with Crippen LogP contribution in [0, 0.1) is 0 Å². The van der Waals surface area contributed by atoms with Crippen molar-refractivity contribution in [1.82, 2.24) is 18.9 Å². The van der Waals surface area contributed by atoms with E-state index in [-0.39, 0.29) is 5.91 Å². The first-order valence-corrected chi connectivity index (χ1v) is 14.5. The third-order valence-corrected chi connectivity index (χ3v) is 9.16. The van der Waals surface area contributed by atoms with Gasteiger partial charge in [0, 0.05) is 32.4 Å². The normalized spacial score (nSPS) is 20.7. The molecular weight excluding hydrogens is 520 g/mol. The third-order valence-electron chi connectivity index (χ3n) is 7.15. The second-order valence-electron chi connectivity index (χ2n) is 9.68. The number of nitrogens with zero attached hydrogens (tertiary/aromatic N) is 3. The summed E-state index contributed by atoms with van der Waals surface area (Å²) in [7, 11) is -3.75. The monoisotopic (exact) mass is 550 g/mol. The predicted octanol–water partition coefficient (Wildman–Crippen LogP) is 2.91. The van der Waals surface area contributed by atoms with Gasteiger partial charge in [-0.25, -0.2) is 0 Å². The molecule has 1 unspecified atom stereocenters. The summed E-state index contributed by atoms with van der Waals surface area (Å²) in [5.41, 5.74) is 3.13. The van der Waals surface area contributed by atoms with Crippen molar-refractivity contribution in [3.8, 4) is 17.2 Å². The quantitative estimate of drug-likeness (QED) is 0.523. The average molecular weight is 551 g/mol. The first-order valence-electron chi connectivity index (χ1n) is 13.1. The number of nitrogens with one attached hydrogen (secondary N) is 1. The van der Waals surface area contributed by atoms with E-state index in [0.29, 0.717) is 81.7 Å². The number of carbonyl (C=O) groups excluding carboxylic acids is 1. The van der Waals surface area contributed by atoms with Gasteiger partial charge < -0.3 is 19.5 Å². The minimum Gasteiger partial charge on any atom is -0.494 e. The number of morpholine rings is 1. The van der Waals surface area contributed by atoms with Gasteiger partial charge in [-0.3, -0.25) is 9.78 Å². The van der Waals surface area contributed by atoms with E-state index in [1.165, 1.54) is 10.5 Å². The molecule has 1 N–H and O–H groups in total. The topological polar surface area (TPSA) is 110 Å². The number of rotatable bonds is 2. The predicted molar refractivity (Wildman–Crippen MR) is 143 cm³/mol. The molecule has 0 saturated carbocycles. The summed E-state index contributed by atoms with van der Waals surface area (Å²) in [5, 5.41) is 2.88. The first kappa shape index (κ1) is 25.8. The maximum Gasteiger partial charge on any atom is 0.283 e. The van der Waals surface area contributed by atoms with Crippen LogP contribution in [0.2, 0.25) is 0 Å². The Morgan fingerprint density at radius 3 is 2.67 bits per heavy atom. The van der Waals surface area contributed by atoms with Gasteiger partial charge in [0.05, 0.1) is 37.6 Å². The van der Waals surface area contributed by atoms with E-state index in [1.54, 1.807) is 16.6 Å². The molecule has 11 heteroatoms. The highest BCUT2D eigenvalue weighted by Crippen LogP contribution is 2.40. The largest absolute Gasteiger partial charge is 0.494 e. The lowest BCUT2D eigenvalue weighted by atomic mass is 9.89. The van der Waals surface area contributed by atoms with E-state index >= 15 is 0 Å². The van der Waals surface area contributed by atoms with Gasteiger partial charge in [-0.2, -0.15) is 17.0 Å². The molecule has 1 fully saturated rings. The van der Waals surface area contributed by atoms with E-state index in [9.17, 15) is 13.2 Å². The lowest BCUT2D eigenvalue weighted by Crippen LogP contribution is -2.51. The molecule has 3 aromatic rings. The molecule has 4 aliphatic rings. The van der Waals surface area contributed by atoms with Gasteiger partial charge in [0.15, 0.2) is 0 Å². The fourth-order valence-corrected chi connectivity index (χ4v) is 6.97. The van der Waals surface area contributed by atoms with Crippen LogP contribution in [0.1, 0.15) is 39.5 Å².